The van der Waals surface area contributed by atoms with Crippen molar-refractivity contribution in [3.05, 3.63) is 88.0 Å². The third kappa shape index (κ3) is 17.1. The number of allylic oxidation sites excluding steroid dienone is 4. The van der Waals surface area contributed by atoms with Crippen molar-refractivity contribution in [2.24, 2.45) is 0 Å². The van der Waals surface area contributed by atoms with Gasteiger partial charge < -0.3 is 10.0 Å². The van der Waals surface area contributed by atoms with E-state index in [9.17, 15) is 18.0 Å². The monoisotopic (exact) mass is 593 g/mol. The lowest BCUT2D eigenvalue weighted by Gasteiger charge is -2.21. The zero-order valence-electron chi connectivity index (χ0n) is 26.6. The van der Waals surface area contributed by atoms with Gasteiger partial charge in [-0.1, -0.05) is 80.9 Å². The largest absolute Gasteiger partial charge is 0.481 e. The van der Waals surface area contributed by atoms with Crippen molar-refractivity contribution in [1.29, 1.82) is 0 Å². The maximum atomic E-state index is 13.5. The van der Waals surface area contributed by atoms with Gasteiger partial charge in [0.25, 0.3) is 0 Å². The highest BCUT2D eigenvalue weighted by atomic mass is 19.4. The molecule has 5 nitrogen and oxygen atoms in total. The minimum Gasteiger partial charge on any atom is -0.481 e. The Hall–Kier alpha value is -2.94. The Morgan fingerprint density at radius 3 is 1.79 bits per heavy atom. The summed E-state index contributed by atoms with van der Waals surface area (Å²) in [6.07, 6.45) is -2.11. The van der Waals surface area contributed by atoms with Crippen molar-refractivity contribution in [3.8, 4) is 0 Å². The Morgan fingerprint density at radius 2 is 1.36 bits per heavy atom. The number of rotatable bonds is 13. The second-order valence-corrected chi connectivity index (χ2v) is 10.2. The second kappa shape index (κ2) is 21.7. The van der Waals surface area contributed by atoms with E-state index in [2.05, 4.69) is 25.8 Å². The highest BCUT2D eigenvalue weighted by Crippen LogP contribution is 2.36. The fourth-order valence-electron chi connectivity index (χ4n) is 4.17. The zero-order valence-corrected chi connectivity index (χ0v) is 26.6. The Bertz CT molecular complexity index is 1090. The van der Waals surface area contributed by atoms with Gasteiger partial charge in [-0.2, -0.15) is 13.2 Å². The summed E-state index contributed by atoms with van der Waals surface area (Å²) in [6, 6.07) is 16.8. The zero-order chi connectivity index (χ0) is 32.1. The van der Waals surface area contributed by atoms with Crippen molar-refractivity contribution in [2.75, 3.05) is 27.2 Å². The molecule has 0 saturated carbocycles. The number of carboxylic acid groups (broad SMARTS) is 1. The summed E-state index contributed by atoms with van der Waals surface area (Å²) in [5, 5.41) is 7.72. The number of carboxylic acids is 1. The molecule has 0 aliphatic carbocycles. The topological polar surface area (TPSA) is 59.0 Å². The lowest BCUT2D eigenvalue weighted by molar-refractivity contribution is -0.282. The Labute approximate surface area is 251 Å². The van der Waals surface area contributed by atoms with Crippen LogP contribution in [0.15, 0.2) is 71.3 Å². The summed E-state index contributed by atoms with van der Waals surface area (Å²) in [4.78, 5) is 21.5. The van der Waals surface area contributed by atoms with Gasteiger partial charge in [0.1, 0.15) is 6.61 Å². The van der Waals surface area contributed by atoms with E-state index in [-0.39, 0.29) is 13.0 Å². The number of hydrogen-bond acceptors (Lipinski definition) is 4. The normalized spacial score (nSPS) is 11.5. The standard InChI is InChI=1S/C24H27F3O2.C7H17N.C3H6O2/c1-17(2)22(14-20-12-8-9-13-21(20)16-29-28-4)23(15-24(25,26)27)18(3)19-10-6-5-7-11-19;1-4-6-8(3)7-5-2;1-2-3(4)5/h5-13H,14-16H2,1-4H3;4-7H2,1-3H3;2H2,1H3,(H,4,5)/b23-18+;;. The number of halogens is 3. The van der Waals surface area contributed by atoms with Crippen LogP contribution in [0.3, 0.4) is 0 Å². The van der Waals surface area contributed by atoms with E-state index in [0.717, 1.165) is 22.3 Å². The van der Waals surface area contributed by atoms with Gasteiger partial charge in [0.15, 0.2) is 0 Å². The predicted octanol–water partition coefficient (Wildman–Crippen LogP) is 9.29. The van der Waals surface area contributed by atoms with Crippen LogP contribution >= 0.6 is 0 Å². The number of alkyl halides is 3. The molecule has 0 spiro atoms. The number of benzene rings is 2. The van der Waals surface area contributed by atoms with E-state index < -0.39 is 18.6 Å². The third-order valence-electron chi connectivity index (χ3n) is 6.34. The Kier molecular flexibility index (Phi) is 20.2. The van der Waals surface area contributed by atoms with Gasteiger partial charge in [0.05, 0.1) is 13.5 Å². The van der Waals surface area contributed by atoms with Crippen LogP contribution in [0.1, 0.15) is 83.9 Å². The quantitative estimate of drug-likeness (QED) is 0.142. The molecule has 2 rings (SSSR count). The molecule has 1 N–H and O–H groups in total. The van der Waals surface area contributed by atoms with Crippen LogP contribution in [0, 0.1) is 0 Å². The first kappa shape index (κ1) is 39.1. The van der Waals surface area contributed by atoms with E-state index in [4.69, 9.17) is 14.9 Å². The van der Waals surface area contributed by atoms with Crippen LogP contribution in [-0.4, -0.2) is 49.4 Å². The average molecular weight is 594 g/mol. The molecule has 0 aliphatic heterocycles. The van der Waals surface area contributed by atoms with E-state index in [1.165, 1.54) is 33.0 Å². The summed E-state index contributed by atoms with van der Waals surface area (Å²) < 4.78 is 40.5. The number of nitrogens with zero attached hydrogens (tertiary/aromatic N) is 1. The summed E-state index contributed by atoms with van der Waals surface area (Å²) in [5.74, 6) is -0.745. The van der Waals surface area contributed by atoms with Crippen LogP contribution in [0.4, 0.5) is 13.2 Å². The first-order valence-electron chi connectivity index (χ1n) is 14.4. The van der Waals surface area contributed by atoms with Gasteiger partial charge in [-0.3, -0.25) is 4.79 Å². The van der Waals surface area contributed by atoms with Gasteiger partial charge in [0, 0.05) is 6.42 Å². The highest BCUT2D eigenvalue weighted by Gasteiger charge is 2.31. The van der Waals surface area contributed by atoms with Crippen LogP contribution < -0.4 is 0 Å². The molecule has 0 fully saturated rings. The fourth-order valence-corrected chi connectivity index (χ4v) is 4.17. The molecular weight excluding hydrogens is 543 g/mol. The molecule has 0 heterocycles. The molecule has 2 aromatic rings. The van der Waals surface area contributed by atoms with E-state index in [1.807, 2.05) is 68.4 Å². The predicted molar refractivity (Wildman–Crippen MR) is 166 cm³/mol. The van der Waals surface area contributed by atoms with Crippen molar-refractivity contribution < 1.29 is 32.8 Å². The van der Waals surface area contributed by atoms with Gasteiger partial charge in [-0.05, 0) is 93.6 Å². The van der Waals surface area contributed by atoms with Crippen molar-refractivity contribution in [3.63, 3.8) is 0 Å². The van der Waals surface area contributed by atoms with Crippen LogP contribution in [-0.2, 0) is 27.6 Å². The highest BCUT2D eigenvalue weighted by molar-refractivity contribution is 5.71. The maximum absolute atomic E-state index is 13.5. The number of carbonyl (C=O) groups is 1. The molecule has 0 aromatic heterocycles. The lowest BCUT2D eigenvalue weighted by Crippen LogP contribution is -2.19. The molecule has 8 heteroatoms. The van der Waals surface area contributed by atoms with Crippen LogP contribution in [0.25, 0.3) is 5.57 Å². The van der Waals surface area contributed by atoms with Crippen molar-refractivity contribution in [2.45, 2.75) is 86.4 Å². The van der Waals surface area contributed by atoms with Crippen molar-refractivity contribution in [1.82, 2.24) is 4.90 Å². The molecule has 0 aliphatic rings. The first-order valence-corrected chi connectivity index (χ1v) is 14.4. The van der Waals surface area contributed by atoms with Crippen LogP contribution in [0.5, 0.6) is 0 Å². The van der Waals surface area contributed by atoms with Crippen LogP contribution in [0.2, 0.25) is 0 Å². The van der Waals surface area contributed by atoms with Gasteiger partial charge in [-0.15, -0.1) is 0 Å². The molecule has 2 aromatic carbocycles. The summed E-state index contributed by atoms with van der Waals surface area (Å²) in [7, 11) is 3.60. The number of hydrogen-bond donors (Lipinski definition) is 1. The lowest BCUT2D eigenvalue weighted by atomic mass is 9.86. The minimum atomic E-state index is -4.30. The molecule has 236 valence electrons. The minimum absolute atomic E-state index is 0.222. The van der Waals surface area contributed by atoms with E-state index in [1.54, 1.807) is 13.8 Å². The molecule has 0 saturated heterocycles. The first-order chi connectivity index (χ1) is 19.8. The van der Waals surface area contributed by atoms with Gasteiger partial charge in [-0.25, -0.2) is 9.78 Å². The average Bonchev–Trinajstić information content (AvgIpc) is 2.94. The molecule has 0 radical (unpaired) electrons. The smallest absolute Gasteiger partial charge is 0.393 e. The fraction of sp³-hybridized carbons (Fsp3) is 0.500. The Morgan fingerprint density at radius 1 is 0.857 bits per heavy atom. The molecule has 0 atom stereocenters. The summed E-state index contributed by atoms with van der Waals surface area (Å²) in [5.41, 5.74) is 5.13. The molecule has 42 heavy (non-hydrogen) atoms. The molecule has 0 bridgehead atoms. The second-order valence-electron chi connectivity index (χ2n) is 10.2. The summed E-state index contributed by atoms with van der Waals surface area (Å²) in [6.45, 7) is 14.2. The van der Waals surface area contributed by atoms with Gasteiger partial charge in [0.2, 0.25) is 0 Å². The van der Waals surface area contributed by atoms with E-state index in [0.29, 0.717) is 23.1 Å². The molecule has 0 unspecified atom stereocenters. The number of aliphatic carboxylic acids is 1. The third-order valence-corrected chi connectivity index (χ3v) is 6.34. The van der Waals surface area contributed by atoms with Crippen molar-refractivity contribution >= 4 is 11.5 Å². The Balaban J connectivity index is 0.00000107. The molecular formula is C34H50F3NO4. The van der Waals surface area contributed by atoms with Gasteiger partial charge >= 0.3 is 12.1 Å². The van der Waals surface area contributed by atoms with E-state index >= 15 is 0 Å². The summed E-state index contributed by atoms with van der Waals surface area (Å²) >= 11 is 0. The maximum Gasteiger partial charge on any atom is 0.393 e. The SMILES string of the molecule is CCC(=O)O.CCCN(C)CCC.COOCc1ccccc1CC(=C(C)C)/C(CC(F)(F)F)=C(\C)c1ccccc1. The molecule has 0 amide bonds.